The molecule has 4 aromatic carbocycles. The highest BCUT2D eigenvalue weighted by Gasteiger charge is 2.44. The molecule has 202 valence electrons. The maximum Gasteiger partial charge on any atom is 0.210 e. The molecule has 0 aromatic heterocycles. The molecular weight excluding hydrogens is 484 g/mol. The molecule has 0 N–H and O–H groups in total. The van der Waals surface area contributed by atoms with Gasteiger partial charge in [0, 0.05) is 41.1 Å². The maximum absolute atomic E-state index is 3.93. The van der Waals surface area contributed by atoms with Crippen molar-refractivity contribution in [3.8, 4) is 0 Å². The quantitative estimate of drug-likeness (QED) is 0.132. The van der Waals surface area contributed by atoms with Gasteiger partial charge in [0.25, 0.3) is 0 Å². The second kappa shape index (κ2) is 9.93. The summed E-state index contributed by atoms with van der Waals surface area (Å²) in [5.74, 6) is 0. The van der Waals surface area contributed by atoms with Crippen molar-refractivity contribution in [1.82, 2.24) is 0 Å². The fraction of sp³-hybridized carbons (Fsp3) is 0.289. The van der Waals surface area contributed by atoms with Crippen LogP contribution in [0.25, 0.3) is 21.5 Å². The molecule has 4 aromatic rings. The highest BCUT2D eigenvalue weighted by molar-refractivity contribution is 6.07. The van der Waals surface area contributed by atoms with Crippen LogP contribution in [0.5, 0.6) is 0 Å². The molecule has 0 amide bonds. The van der Waals surface area contributed by atoms with E-state index in [0.29, 0.717) is 0 Å². The van der Waals surface area contributed by atoms with E-state index < -0.39 is 0 Å². The molecule has 0 aliphatic carbocycles. The molecule has 40 heavy (non-hydrogen) atoms. The van der Waals surface area contributed by atoms with E-state index in [9.17, 15) is 0 Å². The topological polar surface area (TPSA) is 6.25 Å². The third-order valence-corrected chi connectivity index (χ3v) is 9.20. The van der Waals surface area contributed by atoms with E-state index in [2.05, 4.69) is 142 Å². The van der Waals surface area contributed by atoms with Crippen molar-refractivity contribution in [3.05, 3.63) is 121 Å². The van der Waals surface area contributed by atoms with E-state index in [0.717, 1.165) is 25.8 Å². The average molecular weight is 526 g/mol. The molecule has 0 bridgehead atoms. The van der Waals surface area contributed by atoms with Gasteiger partial charge in [0.1, 0.15) is 7.05 Å². The Morgan fingerprint density at radius 2 is 1.43 bits per heavy atom. The zero-order valence-electron chi connectivity index (χ0n) is 24.7. The van der Waals surface area contributed by atoms with Crippen LogP contribution in [0.15, 0.2) is 109 Å². The van der Waals surface area contributed by atoms with E-state index >= 15 is 0 Å². The number of fused-ring (bicyclic) bond motifs is 6. The number of hydrogen-bond acceptors (Lipinski definition) is 1. The summed E-state index contributed by atoms with van der Waals surface area (Å²) >= 11 is 0. The lowest BCUT2D eigenvalue weighted by atomic mass is 9.79. The Morgan fingerprint density at radius 3 is 2.12 bits per heavy atom. The summed E-state index contributed by atoms with van der Waals surface area (Å²) in [5, 5.41) is 5.33. The summed E-state index contributed by atoms with van der Waals surface area (Å²) < 4.78 is 2.38. The van der Waals surface area contributed by atoms with Gasteiger partial charge in [0.2, 0.25) is 5.69 Å². The van der Waals surface area contributed by atoms with Crippen LogP contribution in [-0.2, 0) is 10.8 Å². The minimum atomic E-state index is -0.0973. The Morgan fingerprint density at radius 1 is 0.775 bits per heavy atom. The van der Waals surface area contributed by atoms with Crippen LogP contribution in [0.3, 0.4) is 0 Å². The standard InChI is InChI=1S/C38H41N2/c1-7-8-9-14-26-40-32-25-23-28-17-11-13-19-30(28)36(32)38(4,5)34(40)21-15-20-33-37(2,3)35-29-18-12-10-16-27(29)22-24-31(35)39(33)6/h7,10-13,15-25H,1,8-9,14,26H2,2-6H3/q+1. The first-order valence-electron chi connectivity index (χ1n) is 14.7. The van der Waals surface area contributed by atoms with Gasteiger partial charge in [-0.05, 0) is 78.4 Å². The van der Waals surface area contributed by atoms with Gasteiger partial charge >= 0.3 is 0 Å². The minimum absolute atomic E-state index is 0.0886. The van der Waals surface area contributed by atoms with Crippen LogP contribution in [0, 0.1) is 0 Å². The van der Waals surface area contributed by atoms with Gasteiger partial charge < -0.3 is 4.90 Å². The average Bonchev–Trinajstić information content (AvgIpc) is 3.29. The van der Waals surface area contributed by atoms with E-state index in [1.807, 2.05) is 6.08 Å². The van der Waals surface area contributed by atoms with E-state index in [4.69, 9.17) is 0 Å². The van der Waals surface area contributed by atoms with Crippen LogP contribution < -0.4 is 4.90 Å². The first-order valence-corrected chi connectivity index (χ1v) is 14.7. The van der Waals surface area contributed by atoms with Crippen LogP contribution in [0.2, 0.25) is 0 Å². The summed E-state index contributed by atoms with van der Waals surface area (Å²) in [4.78, 5) is 2.58. The molecule has 0 saturated heterocycles. The molecule has 6 rings (SSSR count). The molecule has 0 radical (unpaired) electrons. The smallest absolute Gasteiger partial charge is 0.210 e. The summed E-state index contributed by atoms with van der Waals surface area (Å²) in [7, 11) is 2.21. The highest BCUT2D eigenvalue weighted by Crippen LogP contribution is 2.51. The van der Waals surface area contributed by atoms with Crippen LogP contribution in [-0.4, -0.2) is 23.9 Å². The Labute approximate surface area is 239 Å². The van der Waals surface area contributed by atoms with Gasteiger partial charge in [0.15, 0.2) is 5.71 Å². The summed E-state index contributed by atoms with van der Waals surface area (Å²) in [6.07, 6.45) is 12.4. The number of benzene rings is 4. The van der Waals surface area contributed by atoms with E-state index in [1.165, 1.54) is 55.5 Å². The third-order valence-electron chi connectivity index (χ3n) is 9.20. The molecule has 0 spiro atoms. The molecule has 2 aliphatic rings. The predicted molar refractivity (Wildman–Crippen MR) is 173 cm³/mol. The van der Waals surface area contributed by atoms with Crippen molar-refractivity contribution in [2.45, 2.75) is 57.8 Å². The Balaban J connectivity index is 1.41. The van der Waals surface area contributed by atoms with Crippen molar-refractivity contribution >= 4 is 38.6 Å². The molecule has 2 aliphatic heterocycles. The lowest BCUT2D eigenvalue weighted by molar-refractivity contribution is -0.401. The van der Waals surface area contributed by atoms with Gasteiger partial charge in [-0.25, -0.2) is 0 Å². The Kier molecular flexibility index (Phi) is 6.53. The lowest BCUT2D eigenvalue weighted by Crippen LogP contribution is -2.28. The minimum Gasteiger partial charge on any atom is -0.344 e. The molecule has 0 fully saturated rings. The van der Waals surface area contributed by atoms with Crippen molar-refractivity contribution in [2.24, 2.45) is 0 Å². The van der Waals surface area contributed by atoms with Crippen LogP contribution in [0.4, 0.5) is 11.4 Å². The SMILES string of the molecule is C=CCCCCN1/C(=C\C=C\C2=[N+](C)c3ccc4ccccc4c3C2(C)C)C(C)(C)c2c1ccc1ccccc21. The lowest BCUT2D eigenvalue weighted by Gasteiger charge is -2.27. The second-order valence-electron chi connectivity index (χ2n) is 12.4. The number of hydrogen-bond donors (Lipinski definition) is 0. The summed E-state index contributed by atoms with van der Waals surface area (Å²) in [6, 6.07) is 26.8. The number of nitrogens with zero attached hydrogens (tertiary/aromatic N) is 2. The number of rotatable bonds is 7. The van der Waals surface area contributed by atoms with Crippen LogP contribution in [0.1, 0.15) is 58.1 Å². The van der Waals surface area contributed by atoms with E-state index in [-0.39, 0.29) is 10.8 Å². The van der Waals surface area contributed by atoms with Gasteiger partial charge in [0.05, 0.1) is 5.41 Å². The second-order valence-corrected chi connectivity index (χ2v) is 12.4. The zero-order chi connectivity index (χ0) is 28.1. The Hall–Kier alpha value is -3.91. The van der Waals surface area contributed by atoms with Crippen molar-refractivity contribution in [3.63, 3.8) is 0 Å². The van der Waals surface area contributed by atoms with Gasteiger partial charge in [-0.2, -0.15) is 4.58 Å². The fourth-order valence-electron chi connectivity index (χ4n) is 7.26. The fourth-order valence-corrected chi connectivity index (χ4v) is 7.26. The number of allylic oxidation sites excluding steroid dienone is 5. The first-order chi connectivity index (χ1) is 19.3. The number of unbranched alkanes of at least 4 members (excludes halogenated alkanes) is 2. The Bertz CT molecular complexity index is 1730. The van der Waals surface area contributed by atoms with E-state index in [1.54, 1.807) is 0 Å². The molecule has 0 unspecified atom stereocenters. The van der Waals surface area contributed by atoms with Crippen molar-refractivity contribution in [2.75, 3.05) is 18.5 Å². The summed E-state index contributed by atoms with van der Waals surface area (Å²) in [6.45, 7) is 14.4. The third kappa shape index (κ3) is 4.04. The maximum atomic E-state index is 3.93. The van der Waals surface area contributed by atoms with Gasteiger partial charge in [-0.3, -0.25) is 0 Å². The molecule has 2 heterocycles. The molecule has 0 atom stereocenters. The number of anilines is 1. The monoisotopic (exact) mass is 525 g/mol. The normalized spacial score (nSPS) is 18.3. The molecule has 2 heteroatoms. The predicted octanol–water partition coefficient (Wildman–Crippen LogP) is 9.59. The largest absolute Gasteiger partial charge is 0.344 e. The van der Waals surface area contributed by atoms with Gasteiger partial charge in [-0.15, -0.1) is 6.58 Å². The summed E-state index contributed by atoms with van der Waals surface area (Å²) in [5.41, 5.74) is 8.03. The molecule has 0 saturated carbocycles. The first kappa shape index (κ1) is 26.3. The van der Waals surface area contributed by atoms with Gasteiger partial charge in [-0.1, -0.05) is 80.6 Å². The zero-order valence-corrected chi connectivity index (χ0v) is 24.7. The highest BCUT2D eigenvalue weighted by atomic mass is 15.2. The van der Waals surface area contributed by atoms with Crippen molar-refractivity contribution in [1.29, 1.82) is 0 Å². The van der Waals surface area contributed by atoms with Crippen molar-refractivity contribution < 1.29 is 4.58 Å². The molecular formula is C38H41N2+. The van der Waals surface area contributed by atoms with Crippen LogP contribution >= 0.6 is 0 Å². The molecule has 2 nitrogen and oxygen atoms in total.